The van der Waals surface area contributed by atoms with Crippen molar-refractivity contribution in [3.63, 3.8) is 0 Å². The fourth-order valence-corrected chi connectivity index (χ4v) is 4.11. The Labute approximate surface area is 135 Å². The third-order valence-corrected chi connectivity index (χ3v) is 5.61. The third-order valence-electron chi connectivity index (χ3n) is 3.82. The molecule has 0 spiro atoms. The van der Waals surface area contributed by atoms with Gasteiger partial charge in [-0.1, -0.05) is 28.9 Å². The molecule has 0 bridgehead atoms. The van der Waals surface area contributed by atoms with Gasteiger partial charge >= 0.3 is 0 Å². The molecule has 1 unspecified atom stereocenters. The number of nitrogens with two attached hydrogens (primary N) is 1. The molecular weight excluding hydrogens is 332 g/mol. The Bertz CT molecular complexity index is 462. The highest BCUT2D eigenvalue weighted by Crippen LogP contribution is 2.35. The van der Waals surface area contributed by atoms with E-state index < -0.39 is 0 Å². The summed E-state index contributed by atoms with van der Waals surface area (Å²) in [5, 5.41) is 0. The SMILES string of the molecule is CCC(N)Cc1ccc(Br)cc1N1CCSC(C)(C)C1. The highest BCUT2D eigenvalue weighted by molar-refractivity contribution is 9.10. The smallest absolute Gasteiger partial charge is 0.0411 e. The van der Waals surface area contributed by atoms with Crippen molar-refractivity contribution in [2.24, 2.45) is 5.73 Å². The van der Waals surface area contributed by atoms with Gasteiger partial charge in [0.1, 0.15) is 0 Å². The summed E-state index contributed by atoms with van der Waals surface area (Å²) >= 11 is 5.68. The lowest BCUT2D eigenvalue weighted by Crippen LogP contribution is -2.43. The molecule has 1 atom stereocenters. The van der Waals surface area contributed by atoms with Crippen LogP contribution in [0.3, 0.4) is 0 Å². The minimum Gasteiger partial charge on any atom is -0.369 e. The van der Waals surface area contributed by atoms with Crippen LogP contribution in [0.4, 0.5) is 5.69 Å². The minimum absolute atomic E-state index is 0.252. The third kappa shape index (κ3) is 4.15. The Morgan fingerprint density at radius 2 is 2.20 bits per heavy atom. The van der Waals surface area contributed by atoms with Crippen molar-refractivity contribution in [1.29, 1.82) is 0 Å². The van der Waals surface area contributed by atoms with Crippen LogP contribution >= 0.6 is 27.7 Å². The van der Waals surface area contributed by atoms with E-state index >= 15 is 0 Å². The molecule has 1 fully saturated rings. The van der Waals surface area contributed by atoms with E-state index in [-0.39, 0.29) is 6.04 Å². The molecule has 20 heavy (non-hydrogen) atoms. The van der Waals surface area contributed by atoms with Gasteiger partial charge in [-0.3, -0.25) is 0 Å². The highest BCUT2D eigenvalue weighted by Gasteiger charge is 2.28. The predicted octanol–water partition coefficient (Wildman–Crippen LogP) is 4.06. The number of hydrogen-bond acceptors (Lipinski definition) is 3. The molecule has 4 heteroatoms. The Morgan fingerprint density at radius 1 is 1.45 bits per heavy atom. The topological polar surface area (TPSA) is 29.3 Å². The second kappa shape index (κ2) is 6.71. The maximum Gasteiger partial charge on any atom is 0.0411 e. The molecular formula is C16H25BrN2S. The van der Waals surface area contributed by atoms with Gasteiger partial charge in [-0.2, -0.15) is 11.8 Å². The molecule has 2 nitrogen and oxygen atoms in total. The van der Waals surface area contributed by atoms with E-state index in [4.69, 9.17) is 5.73 Å². The molecule has 1 saturated heterocycles. The maximum atomic E-state index is 6.16. The van der Waals surface area contributed by atoms with Crippen LogP contribution in [-0.2, 0) is 6.42 Å². The van der Waals surface area contributed by atoms with E-state index in [1.165, 1.54) is 17.0 Å². The van der Waals surface area contributed by atoms with Crippen molar-refractivity contribution in [3.8, 4) is 0 Å². The summed E-state index contributed by atoms with van der Waals surface area (Å²) in [6, 6.07) is 6.86. The fraction of sp³-hybridized carbons (Fsp3) is 0.625. The number of thioether (sulfide) groups is 1. The normalized spacial score (nSPS) is 19.9. The van der Waals surface area contributed by atoms with Crippen LogP contribution in [0.2, 0.25) is 0 Å². The Hall–Kier alpha value is -0.190. The van der Waals surface area contributed by atoms with E-state index in [0.29, 0.717) is 4.75 Å². The van der Waals surface area contributed by atoms with Crippen molar-refractivity contribution in [2.45, 2.75) is 44.4 Å². The lowest BCUT2D eigenvalue weighted by atomic mass is 10.0. The Morgan fingerprint density at radius 3 is 2.85 bits per heavy atom. The lowest BCUT2D eigenvalue weighted by molar-refractivity contribution is 0.628. The van der Waals surface area contributed by atoms with Gasteiger partial charge in [0.25, 0.3) is 0 Å². The van der Waals surface area contributed by atoms with Gasteiger partial charge in [0.15, 0.2) is 0 Å². The summed E-state index contributed by atoms with van der Waals surface area (Å²) in [7, 11) is 0. The zero-order valence-electron chi connectivity index (χ0n) is 12.7. The summed E-state index contributed by atoms with van der Waals surface area (Å²) in [5.74, 6) is 1.19. The molecule has 1 aliphatic heterocycles. The number of nitrogens with zero attached hydrogens (tertiary/aromatic N) is 1. The molecule has 0 amide bonds. The first-order valence-corrected chi connectivity index (χ1v) is 9.12. The average molecular weight is 357 g/mol. The summed E-state index contributed by atoms with van der Waals surface area (Å²) in [5.41, 5.74) is 8.90. The molecule has 1 heterocycles. The van der Waals surface area contributed by atoms with Crippen molar-refractivity contribution in [2.75, 3.05) is 23.7 Å². The van der Waals surface area contributed by atoms with Crippen LogP contribution in [-0.4, -0.2) is 29.6 Å². The molecule has 0 saturated carbocycles. The summed E-state index contributed by atoms with van der Waals surface area (Å²) in [6.45, 7) is 9.05. The van der Waals surface area contributed by atoms with E-state index in [1.54, 1.807) is 0 Å². The number of rotatable bonds is 4. The molecule has 1 aromatic carbocycles. The van der Waals surface area contributed by atoms with Crippen molar-refractivity contribution in [1.82, 2.24) is 0 Å². The largest absolute Gasteiger partial charge is 0.369 e. The predicted molar refractivity (Wildman–Crippen MR) is 94.9 cm³/mol. The van der Waals surface area contributed by atoms with E-state index in [9.17, 15) is 0 Å². The van der Waals surface area contributed by atoms with Gasteiger partial charge in [0, 0.05) is 39.8 Å². The average Bonchev–Trinajstić information content (AvgIpc) is 2.39. The van der Waals surface area contributed by atoms with E-state index in [1.807, 2.05) is 0 Å². The van der Waals surface area contributed by atoms with Gasteiger partial charge in [0.2, 0.25) is 0 Å². The van der Waals surface area contributed by atoms with Crippen molar-refractivity contribution in [3.05, 3.63) is 28.2 Å². The lowest BCUT2D eigenvalue weighted by Gasteiger charge is -2.40. The quantitative estimate of drug-likeness (QED) is 0.881. The Balaban J connectivity index is 2.26. The van der Waals surface area contributed by atoms with Crippen LogP contribution in [0, 0.1) is 0 Å². The fourth-order valence-electron chi connectivity index (χ4n) is 2.65. The standard InChI is InChI=1S/C16H25BrN2S/c1-4-14(18)9-12-5-6-13(17)10-15(12)19-7-8-20-16(2,3)11-19/h5-6,10,14H,4,7-9,11,18H2,1-3H3. The van der Waals surface area contributed by atoms with Crippen LogP contribution < -0.4 is 10.6 Å². The minimum atomic E-state index is 0.252. The van der Waals surface area contributed by atoms with Crippen LogP contribution in [0.15, 0.2) is 22.7 Å². The van der Waals surface area contributed by atoms with Gasteiger partial charge in [-0.05, 0) is 44.4 Å². The first-order chi connectivity index (χ1) is 9.41. The van der Waals surface area contributed by atoms with E-state index in [0.717, 1.165) is 30.4 Å². The first-order valence-electron chi connectivity index (χ1n) is 7.34. The second-order valence-electron chi connectivity index (χ2n) is 6.18. The van der Waals surface area contributed by atoms with Gasteiger partial charge in [0.05, 0.1) is 0 Å². The van der Waals surface area contributed by atoms with Crippen LogP contribution in [0.5, 0.6) is 0 Å². The maximum absolute atomic E-state index is 6.16. The summed E-state index contributed by atoms with van der Waals surface area (Å²) < 4.78 is 1.47. The molecule has 0 radical (unpaired) electrons. The number of anilines is 1. The monoisotopic (exact) mass is 356 g/mol. The molecule has 0 aliphatic carbocycles. The van der Waals surface area contributed by atoms with Crippen molar-refractivity contribution >= 4 is 33.4 Å². The van der Waals surface area contributed by atoms with Gasteiger partial charge < -0.3 is 10.6 Å². The zero-order chi connectivity index (χ0) is 14.8. The Kier molecular flexibility index (Phi) is 5.43. The van der Waals surface area contributed by atoms with Crippen LogP contribution in [0.25, 0.3) is 0 Å². The molecule has 2 rings (SSSR count). The van der Waals surface area contributed by atoms with Crippen molar-refractivity contribution < 1.29 is 0 Å². The molecule has 112 valence electrons. The molecule has 2 N–H and O–H groups in total. The zero-order valence-corrected chi connectivity index (χ0v) is 15.1. The molecule has 0 aromatic heterocycles. The highest BCUT2D eigenvalue weighted by atomic mass is 79.9. The van der Waals surface area contributed by atoms with Crippen LogP contribution in [0.1, 0.15) is 32.8 Å². The first kappa shape index (κ1) is 16.2. The summed E-state index contributed by atoms with van der Waals surface area (Å²) in [4.78, 5) is 2.53. The number of halogens is 1. The number of hydrogen-bond donors (Lipinski definition) is 1. The second-order valence-corrected chi connectivity index (χ2v) is 8.89. The summed E-state index contributed by atoms with van der Waals surface area (Å²) in [6.07, 6.45) is 1.99. The molecule has 1 aliphatic rings. The number of benzene rings is 1. The van der Waals surface area contributed by atoms with Gasteiger partial charge in [-0.15, -0.1) is 0 Å². The molecule has 1 aromatic rings. The van der Waals surface area contributed by atoms with Gasteiger partial charge in [-0.25, -0.2) is 0 Å². The van der Waals surface area contributed by atoms with E-state index in [2.05, 4.69) is 71.6 Å².